The summed E-state index contributed by atoms with van der Waals surface area (Å²) in [7, 11) is 1.59. The minimum atomic E-state index is -0.659. The topological polar surface area (TPSA) is 89.0 Å². The van der Waals surface area contributed by atoms with Crippen LogP contribution in [0.1, 0.15) is 51.0 Å². The van der Waals surface area contributed by atoms with E-state index in [2.05, 4.69) is 15.8 Å². The molecule has 0 unspecified atom stereocenters. The van der Waals surface area contributed by atoms with Gasteiger partial charge >= 0.3 is 6.09 Å². The molecule has 0 atom stereocenters. The van der Waals surface area contributed by atoms with Crippen LogP contribution in [0, 0.1) is 0 Å². The lowest BCUT2D eigenvalue weighted by Crippen LogP contribution is -2.37. The predicted octanol–water partition coefficient (Wildman–Crippen LogP) is 3.14. The summed E-state index contributed by atoms with van der Waals surface area (Å²) in [4.78, 5) is 23.7. The Hall–Kier alpha value is -2.57. The van der Waals surface area contributed by atoms with Crippen molar-refractivity contribution in [3.05, 3.63) is 29.8 Å². The maximum atomic E-state index is 12.0. The van der Waals surface area contributed by atoms with Crippen LogP contribution in [0.3, 0.4) is 0 Å². The van der Waals surface area contributed by atoms with Crippen molar-refractivity contribution in [1.82, 2.24) is 10.7 Å². The maximum Gasteiger partial charge on any atom is 0.428 e. The molecule has 1 fully saturated rings. The molecule has 0 heterocycles. The Balaban J connectivity index is 1.67. The lowest BCUT2D eigenvalue weighted by molar-refractivity contribution is -0.120. The molecule has 1 aliphatic carbocycles. The van der Waals surface area contributed by atoms with Gasteiger partial charge in [-0.2, -0.15) is 5.10 Å². The van der Waals surface area contributed by atoms with Crippen LogP contribution >= 0.6 is 0 Å². The van der Waals surface area contributed by atoms with Crippen LogP contribution in [0.5, 0.6) is 5.75 Å². The molecular weight excluding hydrogens is 334 g/mol. The first-order valence-corrected chi connectivity index (χ1v) is 8.95. The van der Waals surface area contributed by atoms with E-state index in [-0.39, 0.29) is 25.0 Å². The van der Waals surface area contributed by atoms with E-state index >= 15 is 0 Å². The number of nitrogens with one attached hydrogen (secondary N) is 2. The zero-order valence-corrected chi connectivity index (χ0v) is 15.4. The van der Waals surface area contributed by atoms with Gasteiger partial charge in [0.2, 0.25) is 5.91 Å². The van der Waals surface area contributed by atoms with Crippen molar-refractivity contribution in [1.29, 1.82) is 0 Å². The second-order valence-electron chi connectivity index (χ2n) is 6.46. The highest BCUT2D eigenvalue weighted by molar-refractivity contribution is 6.00. The van der Waals surface area contributed by atoms with E-state index in [4.69, 9.17) is 9.47 Å². The van der Waals surface area contributed by atoms with E-state index in [1.807, 2.05) is 12.1 Å². The summed E-state index contributed by atoms with van der Waals surface area (Å²) in [5.41, 5.74) is 3.68. The summed E-state index contributed by atoms with van der Waals surface area (Å²) in [6, 6.07) is 7.49. The molecule has 0 bridgehead atoms. The van der Waals surface area contributed by atoms with Gasteiger partial charge in [0.1, 0.15) is 12.4 Å². The molecule has 0 radical (unpaired) electrons. The highest BCUT2D eigenvalue weighted by Crippen LogP contribution is 2.17. The molecule has 26 heavy (non-hydrogen) atoms. The van der Waals surface area contributed by atoms with Crippen LogP contribution in [-0.2, 0) is 16.1 Å². The quantitative estimate of drug-likeness (QED) is 0.577. The van der Waals surface area contributed by atoms with Crippen molar-refractivity contribution in [2.45, 2.75) is 58.1 Å². The molecule has 0 aromatic heterocycles. The standard InChI is InChI=1S/C19H27N3O4/c1-14(12-18(23)20-16-6-4-3-5-7-16)21-22-19(24)26-13-15-8-10-17(25-2)11-9-15/h8-11,16H,3-7,12-13H2,1-2H3,(H,20,23)(H,22,24)/b21-14-. The van der Waals surface area contributed by atoms with E-state index in [9.17, 15) is 9.59 Å². The van der Waals surface area contributed by atoms with Crippen molar-refractivity contribution in [3.8, 4) is 5.75 Å². The van der Waals surface area contributed by atoms with Gasteiger partial charge in [-0.15, -0.1) is 0 Å². The first-order valence-electron chi connectivity index (χ1n) is 8.95. The lowest BCUT2D eigenvalue weighted by atomic mass is 9.95. The Morgan fingerprint density at radius 2 is 1.85 bits per heavy atom. The highest BCUT2D eigenvalue weighted by atomic mass is 16.6. The average Bonchev–Trinajstić information content (AvgIpc) is 2.65. The molecule has 0 aliphatic heterocycles. The first kappa shape index (κ1) is 19.8. The zero-order valence-electron chi connectivity index (χ0n) is 15.4. The number of amides is 2. The van der Waals surface area contributed by atoms with Gasteiger partial charge in [0, 0.05) is 11.8 Å². The summed E-state index contributed by atoms with van der Waals surface area (Å²) in [6.07, 6.45) is 5.16. The fraction of sp³-hybridized carbons (Fsp3) is 0.526. The fourth-order valence-corrected chi connectivity index (χ4v) is 2.84. The molecule has 0 spiro atoms. The number of rotatable bonds is 7. The molecule has 0 saturated heterocycles. The fourth-order valence-electron chi connectivity index (χ4n) is 2.84. The van der Waals surface area contributed by atoms with Gasteiger partial charge in [-0.1, -0.05) is 31.4 Å². The molecule has 142 valence electrons. The number of hydrazone groups is 1. The van der Waals surface area contributed by atoms with E-state index in [1.54, 1.807) is 26.2 Å². The van der Waals surface area contributed by atoms with E-state index in [0.29, 0.717) is 5.71 Å². The van der Waals surface area contributed by atoms with Gasteiger partial charge in [-0.05, 0) is 37.5 Å². The third-order valence-corrected chi connectivity index (χ3v) is 4.25. The van der Waals surface area contributed by atoms with E-state index in [0.717, 1.165) is 24.2 Å². The second kappa shape index (κ2) is 10.4. The first-order chi connectivity index (χ1) is 12.6. The third kappa shape index (κ3) is 7.13. The molecule has 7 nitrogen and oxygen atoms in total. The molecule has 2 amide bonds. The largest absolute Gasteiger partial charge is 0.497 e. The van der Waals surface area contributed by atoms with E-state index in [1.165, 1.54) is 19.3 Å². The van der Waals surface area contributed by atoms with Crippen molar-refractivity contribution in [2.24, 2.45) is 5.10 Å². The number of hydrogen-bond donors (Lipinski definition) is 2. The number of carbonyl (C=O) groups is 2. The molecule has 1 saturated carbocycles. The van der Waals surface area contributed by atoms with Crippen LogP contribution in [-0.4, -0.2) is 30.9 Å². The predicted molar refractivity (Wildman–Crippen MR) is 99.1 cm³/mol. The molecule has 1 aliphatic rings. The monoisotopic (exact) mass is 361 g/mol. The normalized spacial score (nSPS) is 15.2. The number of ether oxygens (including phenoxy) is 2. The van der Waals surface area contributed by atoms with Gasteiger partial charge in [0.15, 0.2) is 0 Å². The van der Waals surface area contributed by atoms with E-state index < -0.39 is 6.09 Å². The summed E-state index contributed by atoms with van der Waals surface area (Å²) in [5.74, 6) is 0.677. The number of methoxy groups -OCH3 is 1. The number of hydrogen-bond acceptors (Lipinski definition) is 5. The van der Waals surface area contributed by atoms with Crippen molar-refractivity contribution < 1.29 is 19.1 Å². The Kier molecular flexibility index (Phi) is 7.92. The number of carbonyl (C=O) groups excluding carboxylic acids is 2. The van der Waals surface area contributed by atoms with Crippen molar-refractivity contribution in [3.63, 3.8) is 0 Å². The molecule has 1 aromatic rings. The van der Waals surface area contributed by atoms with Gasteiger partial charge in [-0.3, -0.25) is 4.79 Å². The lowest BCUT2D eigenvalue weighted by Gasteiger charge is -2.22. The minimum absolute atomic E-state index is 0.0634. The third-order valence-electron chi connectivity index (χ3n) is 4.25. The zero-order chi connectivity index (χ0) is 18.8. The Morgan fingerprint density at radius 3 is 2.50 bits per heavy atom. The molecule has 1 aromatic carbocycles. The summed E-state index contributed by atoms with van der Waals surface area (Å²) in [5, 5.41) is 6.93. The second-order valence-corrected chi connectivity index (χ2v) is 6.46. The Bertz CT molecular complexity index is 622. The SMILES string of the molecule is COc1ccc(COC(=O)N/N=C(/C)CC(=O)NC2CCCCC2)cc1. The average molecular weight is 361 g/mol. The Labute approximate surface area is 154 Å². The van der Waals surface area contributed by atoms with Crippen LogP contribution in [0.15, 0.2) is 29.4 Å². The Morgan fingerprint density at radius 1 is 1.15 bits per heavy atom. The smallest absolute Gasteiger partial charge is 0.428 e. The molecular formula is C19H27N3O4. The summed E-state index contributed by atoms with van der Waals surface area (Å²) >= 11 is 0. The molecule has 2 rings (SSSR count). The van der Waals surface area contributed by atoms with Crippen LogP contribution in [0.25, 0.3) is 0 Å². The number of benzene rings is 1. The molecule has 2 N–H and O–H groups in total. The highest BCUT2D eigenvalue weighted by Gasteiger charge is 2.16. The van der Waals surface area contributed by atoms with Crippen molar-refractivity contribution >= 4 is 17.7 Å². The summed E-state index contributed by atoms with van der Waals surface area (Å²) in [6.45, 7) is 1.83. The van der Waals surface area contributed by atoms with Crippen molar-refractivity contribution in [2.75, 3.05) is 7.11 Å². The maximum absolute atomic E-state index is 12.0. The summed E-state index contributed by atoms with van der Waals surface area (Å²) < 4.78 is 10.1. The van der Waals surface area contributed by atoms with Crippen LogP contribution in [0.4, 0.5) is 4.79 Å². The van der Waals surface area contributed by atoms with Gasteiger partial charge in [0.25, 0.3) is 0 Å². The van der Waals surface area contributed by atoms with Gasteiger partial charge < -0.3 is 14.8 Å². The number of nitrogens with zero attached hydrogens (tertiary/aromatic N) is 1. The van der Waals surface area contributed by atoms with Crippen LogP contribution < -0.4 is 15.5 Å². The van der Waals surface area contributed by atoms with Gasteiger partial charge in [0.05, 0.1) is 13.5 Å². The molecule has 7 heteroatoms. The van der Waals surface area contributed by atoms with Crippen LogP contribution in [0.2, 0.25) is 0 Å². The minimum Gasteiger partial charge on any atom is -0.497 e. The van der Waals surface area contributed by atoms with Gasteiger partial charge in [-0.25, -0.2) is 10.2 Å².